The molecule has 11 heavy (non-hydrogen) atoms. The van der Waals surface area contributed by atoms with Gasteiger partial charge < -0.3 is 0 Å². The van der Waals surface area contributed by atoms with Crippen LogP contribution in [0.3, 0.4) is 0 Å². The van der Waals surface area contributed by atoms with E-state index >= 15 is 0 Å². The minimum Gasteiger partial charge on any atom is -0.228 e. The van der Waals surface area contributed by atoms with Crippen LogP contribution in [0.25, 0.3) is 0 Å². The molecule has 0 aromatic carbocycles. The van der Waals surface area contributed by atoms with Crippen molar-refractivity contribution in [3.63, 3.8) is 0 Å². The zero-order valence-corrected chi connectivity index (χ0v) is 7.48. The fourth-order valence-corrected chi connectivity index (χ4v) is 2.19. The molecule has 0 saturated carbocycles. The molecule has 1 rings (SSSR count). The van der Waals surface area contributed by atoms with Gasteiger partial charge in [-0.25, -0.2) is 8.49 Å². The van der Waals surface area contributed by atoms with Gasteiger partial charge in [-0.2, -0.15) is 5.90 Å². The average molecular weight is 196 g/mol. The standard InChI is InChI=1S/C6H10ClNO2S/c7-5-2-1-3-6(4-5)11(9)10-8/h1,3,5-6H,2,4,8H2/t5-,6?,11?/m1/s1. The van der Waals surface area contributed by atoms with Crippen LogP contribution in [-0.4, -0.2) is 14.8 Å². The van der Waals surface area contributed by atoms with Crippen molar-refractivity contribution in [1.82, 2.24) is 0 Å². The lowest BCUT2D eigenvalue weighted by Gasteiger charge is -2.17. The Morgan fingerprint density at radius 2 is 2.45 bits per heavy atom. The van der Waals surface area contributed by atoms with Gasteiger partial charge in [-0.3, -0.25) is 0 Å². The number of rotatable bonds is 2. The van der Waals surface area contributed by atoms with Gasteiger partial charge in [0.25, 0.3) is 0 Å². The van der Waals surface area contributed by atoms with Gasteiger partial charge in [-0.05, 0) is 12.8 Å². The van der Waals surface area contributed by atoms with Crippen LogP contribution in [0.15, 0.2) is 12.2 Å². The lowest BCUT2D eigenvalue weighted by atomic mass is 10.1. The van der Waals surface area contributed by atoms with E-state index in [1.165, 1.54) is 0 Å². The second kappa shape index (κ2) is 4.21. The third-order valence-corrected chi connectivity index (χ3v) is 2.96. The van der Waals surface area contributed by atoms with Gasteiger partial charge in [0.15, 0.2) is 11.1 Å². The Bertz CT molecular complexity index is 185. The third-order valence-electron chi connectivity index (χ3n) is 1.57. The first-order chi connectivity index (χ1) is 5.24. The molecule has 64 valence electrons. The molecule has 0 amide bonds. The van der Waals surface area contributed by atoms with Crippen LogP contribution in [0, 0.1) is 0 Å². The molecule has 0 aromatic heterocycles. The normalized spacial score (nSPS) is 33.6. The fraction of sp³-hybridized carbons (Fsp3) is 0.667. The lowest BCUT2D eigenvalue weighted by molar-refractivity contribution is 0.362. The van der Waals surface area contributed by atoms with Crippen molar-refractivity contribution in [3.8, 4) is 0 Å². The van der Waals surface area contributed by atoms with Crippen LogP contribution in [0.4, 0.5) is 0 Å². The molecule has 5 heteroatoms. The minimum absolute atomic E-state index is 0.0594. The Hall–Kier alpha value is 0.1000. The van der Waals surface area contributed by atoms with Crippen molar-refractivity contribution in [2.24, 2.45) is 5.90 Å². The van der Waals surface area contributed by atoms with Crippen LogP contribution in [-0.2, 0) is 15.4 Å². The van der Waals surface area contributed by atoms with Crippen molar-refractivity contribution >= 4 is 22.7 Å². The summed E-state index contributed by atoms with van der Waals surface area (Å²) >= 11 is 4.40. The highest BCUT2D eigenvalue weighted by Gasteiger charge is 2.21. The smallest absolute Gasteiger partial charge is 0.179 e. The average Bonchev–Trinajstić information content (AvgIpc) is 2.03. The largest absolute Gasteiger partial charge is 0.228 e. The Morgan fingerprint density at radius 3 is 3.00 bits per heavy atom. The molecule has 0 spiro atoms. The Balaban J connectivity index is 2.52. The van der Waals surface area contributed by atoms with E-state index in [1.54, 1.807) is 0 Å². The number of allylic oxidation sites excluding steroid dienone is 1. The second-order valence-electron chi connectivity index (χ2n) is 2.39. The summed E-state index contributed by atoms with van der Waals surface area (Å²) in [7, 11) is 0. The van der Waals surface area contributed by atoms with E-state index in [1.807, 2.05) is 12.2 Å². The molecule has 2 unspecified atom stereocenters. The molecule has 1 aliphatic rings. The van der Waals surface area contributed by atoms with Gasteiger partial charge in [-0.15, -0.1) is 11.6 Å². The van der Waals surface area contributed by atoms with Crippen molar-refractivity contribution in [2.75, 3.05) is 0 Å². The van der Waals surface area contributed by atoms with Gasteiger partial charge in [0, 0.05) is 5.38 Å². The summed E-state index contributed by atoms with van der Waals surface area (Å²) in [5, 5.41) is -0.0830. The van der Waals surface area contributed by atoms with E-state index in [2.05, 4.69) is 4.28 Å². The van der Waals surface area contributed by atoms with Crippen molar-refractivity contribution in [2.45, 2.75) is 23.5 Å². The van der Waals surface area contributed by atoms with Crippen LogP contribution < -0.4 is 5.90 Å². The summed E-state index contributed by atoms with van der Waals surface area (Å²) in [6.45, 7) is 0. The molecule has 0 saturated heterocycles. The van der Waals surface area contributed by atoms with E-state index in [4.69, 9.17) is 17.5 Å². The highest BCUT2D eigenvalue weighted by atomic mass is 35.5. The molecule has 2 N–H and O–H groups in total. The first kappa shape index (κ1) is 9.19. The maximum atomic E-state index is 11.0. The van der Waals surface area contributed by atoms with E-state index in [0.717, 1.165) is 6.42 Å². The zero-order valence-electron chi connectivity index (χ0n) is 5.90. The SMILES string of the molecule is NOS(=O)C1C=CC[C@@H](Cl)C1. The molecular formula is C6H10ClNO2S. The van der Waals surface area contributed by atoms with E-state index < -0.39 is 11.1 Å². The quantitative estimate of drug-likeness (QED) is 0.404. The number of alkyl halides is 1. The molecule has 3 nitrogen and oxygen atoms in total. The summed E-state index contributed by atoms with van der Waals surface area (Å²) in [4.78, 5) is 0. The predicted octanol–water partition coefficient (Wildman–Crippen LogP) is 0.866. The van der Waals surface area contributed by atoms with Crippen LogP contribution in [0.1, 0.15) is 12.8 Å². The number of halogens is 1. The predicted molar refractivity (Wildman–Crippen MR) is 45.2 cm³/mol. The molecule has 0 aliphatic heterocycles. The number of hydrogen-bond acceptors (Lipinski definition) is 3. The van der Waals surface area contributed by atoms with Crippen LogP contribution in [0.2, 0.25) is 0 Å². The van der Waals surface area contributed by atoms with Crippen LogP contribution in [0.5, 0.6) is 0 Å². The second-order valence-corrected chi connectivity index (χ2v) is 4.33. The van der Waals surface area contributed by atoms with Crippen molar-refractivity contribution in [1.29, 1.82) is 0 Å². The molecule has 1 aliphatic carbocycles. The van der Waals surface area contributed by atoms with Gasteiger partial charge in [0.2, 0.25) is 0 Å². The molecule has 0 bridgehead atoms. The Labute approximate surface area is 73.2 Å². The van der Waals surface area contributed by atoms with Gasteiger partial charge >= 0.3 is 0 Å². The summed E-state index contributed by atoms with van der Waals surface area (Å²) in [6, 6.07) is 0. The molecule has 0 heterocycles. The van der Waals surface area contributed by atoms with E-state index in [9.17, 15) is 4.21 Å². The zero-order chi connectivity index (χ0) is 8.27. The third kappa shape index (κ3) is 2.56. The van der Waals surface area contributed by atoms with Gasteiger partial charge in [-0.1, -0.05) is 12.2 Å². The molecular weight excluding hydrogens is 186 g/mol. The summed E-state index contributed by atoms with van der Waals surface area (Å²) in [5.41, 5.74) is 0. The molecule has 0 aromatic rings. The Morgan fingerprint density at radius 1 is 1.73 bits per heavy atom. The summed E-state index contributed by atoms with van der Waals surface area (Å²) < 4.78 is 15.2. The fourth-order valence-electron chi connectivity index (χ4n) is 1.02. The molecule has 0 radical (unpaired) electrons. The first-order valence-corrected chi connectivity index (χ1v) is 4.90. The monoisotopic (exact) mass is 195 g/mol. The van der Waals surface area contributed by atoms with Crippen LogP contribution >= 0.6 is 11.6 Å². The summed E-state index contributed by atoms with van der Waals surface area (Å²) in [6.07, 6.45) is 5.24. The lowest BCUT2D eigenvalue weighted by Crippen LogP contribution is -2.23. The maximum absolute atomic E-state index is 11.0. The minimum atomic E-state index is -1.43. The van der Waals surface area contributed by atoms with Gasteiger partial charge in [0.1, 0.15) is 0 Å². The number of nitrogens with two attached hydrogens (primary N) is 1. The molecule has 0 fully saturated rings. The first-order valence-electron chi connectivity index (χ1n) is 3.32. The van der Waals surface area contributed by atoms with E-state index in [0.29, 0.717) is 6.42 Å². The Kier molecular flexibility index (Phi) is 3.51. The topological polar surface area (TPSA) is 52.3 Å². The van der Waals surface area contributed by atoms with Crippen molar-refractivity contribution in [3.05, 3.63) is 12.2 Å². The summed E-state index contributed by atoms with van der Waals surface area (Å²) in [5.74, 6) is 4.77. The maximum Gasteiger partial charge on any atom is 0.179 e. The highest BCUT2D eigenvalue weighted by molar-refractivity contribution is 7.81. The van der Waals surface area contributed by atoms with Crippen molar-refractivity contribution < 1.29 is 8.49 Å². The number of hydrogen-bond donors (Lipinski definition) is 1. The van der Waals surface area contributed by atoms with Gasteiger partial charge in [0.05, 0.1) is 5.25 Å². The molecule has 3 atom stereocenters. The highest BCUT2D eigenvalue weighted by Crippen LogP contribution is 2.20. The van der Waals surface area contributed by atoms with E-state index in [-0.39, 0.29) is 10.6 Å².